The summed E-state index contributed by atoms with van der Waals surface area (Å²) in [4.78, 5) is 30.8. The molecule has 0 spiro atoms. The Bertz CT molecular complexity index is 889. The summed E-state index contributed by atoms with van der Waals surface area (Å²) in [6.45, 7) is 0. The molecule has 0 radical (unpaired) electrons. The predicted octanol–water partition coefficient (Wildman–Crippen LogP) is 2.94. The van der Waals surface area contributed by atoms with Crippen LogP contribution in [0.5, 0.6) is 0 Å². The van der Waals surface area contributed by atoms with Crippen LogP contribution in [0.2, 0.25) is 0 Å². The first kappa shape index (κ1) is 13.5. The number of para-hydroxylation sites is 1. The quantitative estimate of drug-likeness (QED) is 0.751. The van der Waals surface area contributed by atoms with Crippen LogP contribution in [0.1, 0.15) is 10.6 Å². The Kier molecular flexibility index (Phi) is 3.53. The third kappa shape index (κ3) is 2.85. The van der Waals surface area contributed by atoms with Crippen LogP contribution in [0.4, 0.5) is 5.69 Å². The Balaban J connectivity index is 1.96. The molecule has 0 saturated carbocycles. The molecule has 0 aliphatic rings. The van der Waals surface area contributed by atoms with Gasteiger partial charge in [0.1, 0.15) is 0 Å². The van der Waals surface area contributed by atoms with Gasteiger partial charge < -0.3 is 10.3 Å². The van der Waals surface area contributed by atoms with Crippen LogP contribution in [0.15, 0.2) is 57.8 Å². The first-order valence-corrected chi connectivity index (χ1v) is 6.99. The van der Waals surface area contributed by atoms with E-state index < -0.39 is 5.91 Å². The maximum atomic E-state index is 12.2. The van der Waals surface area contributed by atoms with Gasteiger partial charge in [-0.1, -0.05) is 34.1 Å². The van der Waals surface area contributed by atoms with Crippen molar-refractivity contribution in [1.29, 1.82) is 0 Å². The summed E-state index contributed by atoms with van der Waals surface area (Å²) < 4.78 is 0.847. The topological polar surface area (TPSA) is 74.8 Å². The van der Waals surface area contributed by atoms with Crippen molar-refractivity contribution >= 4 is 38.4 Å². The second-order valence-corrected chi connectivity index (χ2v) is 5.31. The summed E-state index contributed by atoms with van der Waals surface area (Å²) in [5, 5.41) is 3.14. The molecule has 3 rings (SSSR count). The van der Waals surface area contributed by atoms with E-state index in [0.717, 1.165) is 4.47 Å². The summed E-state index contributed by atoms with van der Waals surface area (Å²) >= 11 is 3.33. The zero-order chi connectivity index (χ0) is 14.8. The second kappa shape index (κ2) is 5.49. The minimum Gasteiger partial charge on any atom is -0.319 e. The number of fused-ring (bicyclic) bond motifs is 1. The molecule has 0 bridgehead atoms. The molecule has 0 aliphatic heterocycles. The maximum absolute atomic E-state index is 12.2. The molecule has 5 nitrogen and oxygen atoms in total. The molecule has 1 amide bonds. The number of nitrogens with zero attached hydrogens (tertiary/aromatic N) is 1. The lowest BCUT2D eigenvalue weighted by atomic mass is 10.2. The average Bonchev–Trinajstić information content (AvgIpc) is 2.47. The minimum absolute atomic E-state index is 0.0151. The van der Waals surface area contributed by atoms with E-state index in [4.69, 9.17) is 0 Å². The van der Waals surface area contributed by atoms with Gasteiger partial charge in [0.15, 0.2) is 5.82 Å². The van der Waals surface area contributed by atoms with Gasteiger partial charge in [-0.3, -0.25) is 9.59 Å². The Morgan fingerprint density at radius 3 is 2.76 bits per heavy atom. The molecular formula is C15H10BrN3O2. The zero-order valence-corrected chi connectivity index (χ0v) is 12.3. The third-order valence-corrected chi connectivity index (χ3v) is 3.40. The minimum atomic E-state index is -0.462. The van der Waals surface area contributed by atoms with Crippen molar-refractivity contribution in [2.75, 3.05) is 5.32 Å². The molecule has 2 aromatic carbocycles. The van der Waals surface area contributed by atoms with Crippen LogP contribution in [0, 0.1) is 0 Å². The van der Waals surface area contributed by atoms with E-state index in [-0.39, 0.29) is 11.4 Å². The number of hydrogen-bond acceptors (Lipinski definition) is 3. The van der Waals surface area contributed by atoms with Gasteiger partial charge in [-0.05, 0) is 30.3 Å². The van der Waals surface area contributed by atoms with Gasteiger partial charge in [-0.15, -0.1) is 0 Å². The number of carbonyl (C=O) groups is 1. The zero-order valence-electron chi connectivity index (χ0n) is 10.8. The van der Waals surface area contributed by atoms with E-state index in [0.29, 0.717) is 16.6 Å². The number of H-pyrrole nitrogens is 1. The SMILES string of the molecule is O=C(Nc1cccc(Br)c1)c1nc2ccccc2c(=O)[nH]1. The van der Waals surface area contributed by atoms with Crippen LogP contribution in [-0.2, 0) is 0 Å². The van der Waals surface area contributed by atoms with E-state index in [2.05, 4.69) is 31.2 Å². The van der Waals surface area contributed by atoms with Gasteiger partial charge >= 0.3 is 0 Å². The molecule has 6 heteroatoms. The number of halogens is 1. The molecule has 0 unspecified atom stereocenters. The number of carbonyl (C=O) groups excluding carboxylic acids is 1. The normalized spacial score (nSPS) is 10.5. The first-order chi connectivity index (χ1) is 10.1. The van der Waals surface area contributed by atoms with E-state index >= 15 is 0 Å². The molecule has 0 saturated heterocycles. The van der Waals surface area contributed by atoms with Crippen molar-refractivity contribution in [3.8, 4) is 0 Å². The summed E-state index contributed by atoms with van der Waals surface area (Å²) in [7, 11) is 0. The van der Waals surface area contributed by atoms with E-state index in [1.165, 1.54) is 0 Å². The van der Waals surface area contributed by atoms with Crippen molar-refractivity contribution in [3.63, 3.8) is 0 Å². The summed E-state index contributed by atoms with van der Waals surface area (Å²) in [6, 6.07) is 14.0. The van der Waals surface area contributed by atoms with Crippen LogP contribution in [0.3, 0.4) is 0 Å². The van der Waals surface area contributed by atoms with E-state index in [1.807, 2.05) is 6.07 Å². The monoisotopic (exact) mass is 343 g/mol. The number of benzene rings is 2. The molecule has 21 heavy (non-hydrogen) atoms. The number of hydrogen-bond donors (Lipinski definition) is 2. The standard InChI is InChI=1S/C15H10BrN3O2/c16-9-4-3-5-10(8-9)17-15(21)13-18-12-7-2-1-6-11(12)14(20)19-13/h1-8H,(H,17,21)(H,18,19,20). The number of amides is 1. The second-order valence-electron chi connectivity index (χ2n) is 4.40. The highest BCUT2D eigenvalue weighted by molar-refractivity contribution is 9.10. The van der Waals surface area contributed by atoms with Gasteiger partial charge in [0.05, 0.1) is 10.9 Å². The number of rotatable bonds is 2. The van der Waals surface area contributed by atoms with E-state index in [1.54, 1.807) is 42.5 Å². The number of anilines is 1. The highest BCUT2D eigenvalue weighted by atomic mass is 79.9. The van der Waals surface area contributed by atoms with Gasteiger partial charge in [-0.2, -0.15) is 0 Å². The molecule has 1 aromatic heterocycles. The highest BCUT2D eigenvalue weighted by Crippen LogP contribution is 2.16. The predicted molar refractivity (Wildman–Crippen MR) is 84.5 cm³/mol. The molecule has 104 valence electrons. The summed E-state index contributed by atoms with van der Waals surface area (Å²) in [5.41, 5.74) is 0.769. The van der Waals surface area contributed by atoms with Gasteiger partial charge in [-0.25, -0.2) is 4.98 Å². The Morgan fingerprint density at radius 2 is 1.95 bits per heavy atom. The molecular weight excluding hydrogens is 334 g/mol. The largest absolute Gasteiger partial charge is 0.319 e. The van der Waals surface area contributed by atoms with Crippen molar-refractivity contribution in [2.24, 2.45) is 0 Å². The Hall–Kier alpha value is -2.47. The molecule has 1 heterocycles. The molecule has 3 aromatic rings. The highest BCUT2D eigenvalue weighted by Gasteiger charge is 2.11. The lowest BCUT2D eigenvalue weighted by molar-refractivity contribution is 0.101. The molecule has 0 atom stereocenters. The fraction of sp³-hybridized carbons (Fsp3) is 0. The maximum Gasteiger partial charge on any atom is 0.291 e. The summed E-state index contributed by atoms with van der Waals surface area (Å²) in [5.74, 6) is -0.477. The summed E-state index contributed by atoms with van der Waals surface area (Å²) in [6.07, 6.45) is 0. The van der Waals surface area contributed by atoms with Crippen LogP contribution < -0.4 is 10.9 Å². The lowest BCUT2D eigenvalue weighted by Gasteiger charge is -2.05. The molecule has 2 N–H and O–H groups in total. The van der Waals surface area contributed by atoms with Crippen molar-refractivity contribution in [1.82, 2.24) is 9.97 Å². The van der Waals surface area contributed by atoms with Crippen LogP contribution in [0.25, 0.3) is 10.9 Å². The number of nitrogens with one attached hydrogen (secondary N) is 2. The fourth-order valence-corrected chi connectivity index (χ4v) is 2.35. The Morgan fingerprint density at radius 1 is 1.14 bits per heavy atom. The van der Waals surface area contributed by atoms with Gasteiger partial charge in [0, 0.05) is 10.2 Å². The van der Waals surface area contributed by atoms with E-state index in [9.17, 15) is 9.59 Å². The van der Waals surface area contributed by atoms with Crippen molar-refractivity contribution < 1.29 is 4.79 Å². The number of aromatic nitrogens is 2. The first-order valence-electron chi connectivity index (χ1n) is 6.19. The van der Waals surface area contributed by atoms with Gasteiger partial charge in [0.2, 0.25) is 0 Å². The molecule has 0 aliphatic carbocycles. The smallest absolute Gasteiger partial charge is 0.291 e. The van der Waals surface area contributed by atoms with Crippen LogP contribution >= 0.6 is 15.9 Å². The Labute approximate surface area is 128 Å². The average molecular weight is 344 g/mol. The van der Waals surface area contributed by atoms with Crippen molar-refractivity contribution in [2.45, 2.75) is 0 Å². The fourth-order valence-electron chi connectivity index (χ4n) is 1.95. The molecule has 0 fully saturated rings. The van der Waals surface area contributed by atoms with Crippen molar-refractivity contribution in [3.05, 3.63) is 69.2 Å². The van der Waals surface area contributed by atoms with Crippen LogP contribution in [-0.4, -0.2) is 15.9 Å². The third-order valence-electron chi connectivity index (χ3n) is 2.91. The number of aromatic amines is 1. The van der Waals surface area contributed by atoms with Gasteiger partial charge in [0.25, 0.3) is 11.5 Å². The lowest BCUT2D eigenvalue weighted by Crippen LogP contribution is -2.21.